The summed E-state index contributed by atoms with van der Waals surface area (Å²) in [6, 6.07) is 12.8. The van der Waals surface area contributed by atoms with E-state index in [-0.39, 0.29) is 30.2 Å². The number of fused-ring (bicyclic) bond motifs is 1. The highest BCUT2D eigenvalue weighted by Gasteiger charge is 2.30. The Labute approximate surface area is 195 Å². The van der Waals surface area contributed by atoms with Crippen LogP contribution in [0, 0.1) is 5.82 Å². The molecule has 8 heteroatoms. The lowest BCUT2D eigenvalue weighted by atomic mass is 9.93. The van der Waals surface area contributed by atoms with Gasteiger partial charge in [0, 0.05) is 31.1 Å². The van der Waals surface area contributed by atoms with Crippen LogP contribution < -0.4 is 10.7 Å². The quantitative estimate of drug-likeness (QED) is 0.465. The number of amides is 1. The number of carbonyl (C=O) groups is 1. The molecule has 0 saturated carbocycles. The summed E-state index contributed by atoms with van der Waals surface area (Å²) >= 11 is 0. The van der Waals surface area contributed by atoms with Crippen LogP contribution in [0.3, 0.4) is 0 Å². The first kappa shape index (κ1) is 23.7. The molecule has 1 amide bonds. The summed E-state index contributed by atoms with van der Waals surface area (Å²) in [6.45, 7) is 0.589. The van der Waals surface area contributed by atoms with E-state index in [1.165, 1.54) is 18.4 Å². The van der Waals surface area contributed by atoms with Crippen LogP contribution in [0.5, 0.6) is 0 Å². The van der Waals surface area contributed by atoms with Crippen molar-refractivity contribution in [3.05, 3.63) is 93.8 Å². The van der Waals surface area contributed by atoms with Crippen LogP contribution in [0.2, 0.25) is 0 Å². The van der Waals surface area contributed by atoms with Crippen molar-refractivity contribution in [3.8, 4) is 0 Å². The molecule has 1 aromatic heterocycles. The number of nitrogens with one attached hydrogen (secondary N) is 1. The van der Waals surface area contributed by atoms with Gasteiger partial charge in [-0.1, -0.05) is 24.3 Å². The van der Waals surface area contributed by atoms with Crippen molar-refractivity contribution in [2.24, 2.45) is 0 Å². The van der Waals surface area contributed by atoms with Gasteiger partial charge in [-0.05, 0) is 48.7 Å². The average Bonchev–Trinajstić information content (AvgIpc) is 2.86. The predicted octanol–water partition coefficient (Wildman–Crippen LogP) is 3.75. The lowest BCUT2D eigenvalue weighted by molar-refractivity contribution is -0.146. The molecule has 2 aromatic carbocycles. The molecule has 1 aliphatic heterocycles. The number of rotatable bonds is 9. The molecule has 2 N–H and O–H groups in total. The average molecular weight is 467 g/mol. The molecule has 2 heterocycles. The molecular weight excluding hydrogens is 441 g/mol. The van der Waals surface area contributed by atoms with Crippen molar-refractivity contribution < 1.29 is 28.2 Å². The maximum absolute atomic E-state index is 13.1. The van der Waals surface area contributed by atoms with E-state index in [0.717, 1.165) is 5.56 Å². The van der Waals surface area contributed by atoms with E-state index in [1.54, 1.807) is 42.5 Å². The summed E-state index contributed by atoms with van der Waals surface area (Å²) in [5.41, 5.74) is 1.46. The van der Waals surface area contributed by atoms with E-state index in [0.29, 0.717) is 42.4 Å². The fraction of sp³-hybridized carbons (Fsp3) is 0.308. The Morgan fingerprint density at radius 3 is 2.74 bits per heavy atom. The lowest BCUT2D eigenvalue weighted by Gasteiger charge is -2.29. The Kier molecular flexibility index (Phi) is 7.72. The van der Waals surface area contributed by atoms with Gasteiger partial charge in [0.1, 0.15) is 11.4 Å². The standard InChI is InChI=1S/C26H26FNO6/c27-19-9-7-17(8-10-19)15-28-26(31)23-13-18(14-24(34-23)32-12-4-3-11-29)21-16-33-22-6-2-1-5-20(22)25(21)30/h1-2,5-10,13,16,18,24,29H,3-4,11-12,14-15H2,(H,28,31)/t18-,24+/m1/s1. The van der Waals surface area contributed by atoms with Gasteiger partial charge in [-0.15, -0.1) is 0 Å². The number of carbonyl (C=O) groups excluding carboxylic acids is 1. The molecule has 0 bridgehead atoms. The van der Waals surface area contributed by atoms with Crippen molar-refractivity contribution in [1.82, 2.24) is 5.32 Å². The van der Waals surface area contributed by atoms with Gasteiger partial charge in [-0.3, -0.25) is 9.59 Å². The smallest absolute Gasteiger partial charge is 0.286 e. The number of benzene rings is 2. The van der Waals surface area contributed by atoms with Gasteiger partial charge in [0.15, 0.2) is 11.2 Å². The van der Waals surface area contributed by atoms with Crippen molar-refractivity contribution in [1.29, 1.82) is 0 Å². The molecule has 1 aliphatic rings. The van der Waals surface area contributed by atoms with Crippen molar-refractivity contribution in [2.45, 2.75) is 38.0 Å². The summed E-state index contributed by atoms with van der Waals surface area (Å²) in [6.07, 6.45) is 3.84. The normalized spacial score (nSPS) is 17.8. The fourth-order valence-electron chi connectivity index (χ4n) is 3.78. The molecule has 4 rings (SSSR count). The molecule has 0 aliphatic carbocycles. The van der Waals surface area contributed by atoms with E-state index >= 15 is 0 Å². The Balaban J connectivity index is 1.55. The molecule has 34 heavy (non-hydrogen) atoms. The first-order valence-electron chi connectivity index (χ1n) is 11.2. The minimum Gasteiger partial charge on any atom is -0.464 e. The molecule has 0 fully saturated rings. The summed E-state index contributed by atoms with van der Waals surface area (Å²) in [7, 11) is 0. The maximum Gasteiger partial charge on any atom is 0.286 e. The van der Waals surface area contributed by atoms with Gasteiger partial charge in [-0.2, -0.15) is 0 Å². The fourth-order valence-corrected chi connectivity index (χ4v) is 3.78. The number of hydrogen-bond acceptors (Lipinski definition) is 6. The zero-order valence-electron chi connectivity index (χ0n) is 18.5. The monoisotopic (exact) mass is 467 g/mol. The minimum absolute atomic E-state index is 0.0399. The van der Waals surface area contributed by atoms with Crippen LogP contribution in [0.4, 0.5) is 4.39 Å². The highest BCUT2D eigenvalue weighted by molar-refractivity contribution is 5.91. The second-order valence-electron chi connectivity index (χ2n) is 8.05. The molecule has 2 atom stereocenters. The predicted molar refractivity (Wildman–Crippen MR) is 123 cm³/mol. The van der Waals surface area contributed by atoms with Gasteiger partial charge in [0.2, 0.25) is 6.29 Å². The zero-order chi connectivity index (χ0) is 23.9. The highest BCUT2D eigenvalue weighted by Crippen LogP contribution is 2.31. The number of halogens is 1. The molecular formula is C26H26FNO6. The molecule has 178 valence electrons. The van der Waals surface area contributed by atoms with E-state index in [1.807, 2.05) is 0 Å². The second kappa shape index (κ2) is 11.1. The van der Waals surface area contributed by atoms with E-state index in [4.69, 9.17) is 19.0 Å². The largest absolute Gasteiger partial charge is 0.464 e. The van der Waals surface area contributed by atoms with Crippen LogP contribution in [0.15, 0.2) is 75.8 Å². The van der Waals surface area contributed by atoms with E-state index in [2.05, 4.69) is 5.32 Å². The number of unbranched alkanes of at least 4 members (excludes halogenated alkanes) is 1. The Morgan fingerprint density at radius 2 is 1.94 bits per heavy atom. The number of aliphatic hydroxyl groups excluding tert-OH is 1. The third-order valence-corrected chi connectivity index (χ3v) is 5.61. The summed E-state index contributed by atoms with van der Waals surface area (Å²) in [4.78, 5) is 26.0. The van der Waals surface area contributed by atoms with Gasteiger partial charge < -0.3 is 24.3 Å². The Bertz CT molecular complexity index is 1220. The second-order valence-corrected chi connectivity index (χ2v) is 8.05. The van der Waals surface area contributed by atoms with Crippen molar-refractivity contribution in [2.75, 3.05) is 13.2 Å². The van der Waals surface area contributed by atoms with Crippen LogP contribution in [-0.2, 0) is 20.8 Å². The number of ether oxygens (including phenoxy) is 2. The SMILES string of the molecule is O=C(NCc1ccc(F)cc1)C1=C[C@@H](c2coc3ccccc3c2=O)C[C@@H](OCCCCO)O1. The van der Waals surface area contributed by atoms with Gasteiger partial charge in [0.25, 0.3) is 5.91 Å². The zero-order valence-corrected chi connectivity index (χ0v) is 18.5. The summed E-state index contributed by atoms with van der Waals surface area (Å²) in [5.74, 6) is -1.24. The van der Waals surface area contributed by atoms with Crippen LogP contribution in [-0.4, -0.2) is 30.5 Å². The topological polar surface area (TPSA) is 98.0 Å². The molecule has 0 saturated heterocycles. The van der Waals surface area contributed by atoms with Gasteiger partial charge in [-0.25, -0.2) is 4.39 Å². The van der Waals surface area contributed by atoms with Crippen LogP contribution in [0.25, 0.3) is 11.0 Å². The minimum atomic E-state index is -0.744. The number of para-hydroxylation sites is 1. The number of aliphatic hydroxyl groups is 1. The third kappa shape index (κ3) is 5.70. The molecule has 0 spiro atoms. The van der Waals surface area contributed by atoms with Crippen molar-refractivity contribution >= 4 is 16.9 Å². The Hall–Kier alpha value is -3.49. The van der Waals surface area contributed by atoms with E-state index in [9.17, 15) is 14.0 Å². The van der Waals surface area contributed by atoms with Gasteiger partial charge >= 0.3 is 0 Å². The molecule has 3 aromatic rings. The highest BCUT2D eigenvalue weighted by atomic mass is 19.1. The van der Waals surface area contributed by atoms with Crippen molar-refractivity contribution in [3.63, 3.8) is 0 Å². The molecule has 0 radical (unpaired) electrons. The van der Waals surface area contributed by atoms with E-state index < -0.39 is 18.1 Å². The maximum atomic E-state index is 13.1. The Morgan fingerprint density at radius 1 is 1.15 bits per heavy atom. The van der Waals surface area contributed by atoms with Crippen LogP contribution >= 0.6 is 0 Å². The molecule has 7 nitrogen and oxygen atoms in total. The lowest BCUT2D eigenvalue weighted by Crippen LogP contribution is -2.33. The van der Waals surface area contributed by atoms with Crippen LogP contribution in [0.1, 0.15) is 36.3 Å². The third-order valence-electron chi connectivity index (χ3n) is 5.61. The number of allylic oxidation sites excluding steroid dienone is 1. The first-order chi connectivity index (χ1) is 16.5. The summed E-state index contributed by atoms with van der Waals surface area (Å²) in [5, 5.41) is 12.2. The van der Waals surface area contributed by atoms with Gasteiger partial charge in [0.05, 0.1) is 18.3 Å². The summed E-state index contributed by atoms with van der Waals surface area (Å²) < 4.78 is 30.4. The number of hydrogen-bond donors (Lipinski definition) is 2. The first-order valence-corrected chi connectivity index (χ1v) is 11.2. The molecule has 0 unspecified atom stereocenters.